The molecule has 1 aromatic heterocycles. The number of para-hydroxylation sites is 2. The van der Waals surface area contributed by atoms with E-state index in [0.717, 1.165) is 6.20 Å². The molecule has 0 saturated heterocycles. The van der Waals surface area contributed by atoms with E-state index >= 15 is 0 Å². The van der Waals surface area contributed by atoms with Gasteiger partial charge in [0.15, 0.2) is 0 Å². The van der Waals surface area contributed by atoms with Crippen LogP contribution in [0.4, 0.5) is 13.2 Å². The number of alkyl halides is 3. The predicted molar refractivity (Wildman–Crippen MR) is 95.6 cm³/mol. The molecule has 28 heavy (non-hydrogen) atoms. The molecule has 0 unspecified atom stereocenters. The third-order valence-corrected chi connectivity index (χ3v) is 4.05. The molecule has 3 aromatic rings. The molecule has 9 heteroatoms. The molecule has 0 aliphatic heterocycles. The number of aromatic nitrogens is 2. The largest absolute Gasteiger partial charge is 0.573 e. The summed E-state index contributed by atoms with van der Waals surface area (Å²) in [6.07, 6.45) is -3.59. The fourth-order valence-corrected chi connectivity index (χ4v) is 2.69. The topological polar surface area (TPSA) is 64.4 Å². The highest BCUT2D eigenvalue weighted by Crippen LogP contribution is 2.23. The van der Waals surface area contributed by atoms with Gasteiger partial charge in [-0.2, -0.15) is 0 Å². The lowest BCUT2D eigenvalue weighted by molar-refractivity contribution is -0.274. The third-order valence-electron chi connectivity index (χ3n) is 4.05. The van der Waals surface area contributed by atoms with Gasteiger partial charge in [0.2, 0.25) is 5.91 Å². The summed E-state index contributed by atoms with van der Waals surface area (Å²) in [7, 11) is 1.55. The summed E-state index contributed by atoms with van der Waals surface area (Å²) in [5, 5.41) is 0. The third kappa shape index (κ3) is 4.67. The molecule has 146 valence electrons. The van der Waals surface area contributed by atoms with Crippen LogP contribution in [0.2, 0.25) is 0 Å². The molecular weight excluding hydrogens is 375 g/mol. The normalized spacial score (nSPS) is 11.4. The minimum Gasteiger partial charge on any atom is -0.406 e. The van der Waals surface area contributed by atoms with Crippen molar-refractivity contribution in [2.24, 2.45) is 0 Å². The van der Waals surface area contributed by atoms with Crippen molar-refractivity contribution in [3.05, 3.63) is 70.6 Å². The zero-order chi connectivity index (χ0) is 20.3. The Bertz CT molecular complexity index is 1050. The number of ether oxygens (including phenoxy) is 1. The molecule has 3 rings (SSSR count). The monoisotopic (exact) mass is 391 g/mol. The second kappa shape index (κ2) is 7.71. The first-order chi connectivity index (χ1) is 13.2. The summed E-state index contributed by atoms with van der Waals surface area (Å²) in [6.45, 7) is -0.00344. The Hall–Kier alpha value is -3.36. The minimum atomic E-state index is -4.76. The number of hydrogen-bond donors (Lipinski definition) is 0. The quantitative estimate of drug-likeness (QED) is 0.671. The van der Waals surface area contributed by atoms with Crippen LogP contribution in [-0.2, 0) is 17.9 Å². The molecule has 0 bridgehead atoms. The number of halogens is 3. The Morgan fingerprint density at radius 1 is 1.14 bits per heavy atom. The summed E-state index contributed by atoms with van der Waals surface area (Å²) < 4.78 is 41.8. The van der Waals surface area contributed by atoms with Crippen LogP contribution in [0.3, 0.4) is 0 Å². The zero-order valence-corrected chi connectivity index (χ0v) is 14.8. The van der Waals surface area contributed by atoms with E-state index in [0.29, 0.717) is 16.6 Å². The maximum atomic E-state index is 12.5. The van der Waals surface area contributed by atoms with Crippen LogP contribution < -0.4 is 10.3 Å². The summed E-state index contributed by atoms with van der Waals surface area (Å²) in [5.74, 6) is -0.658. The standard InChI is InChI=1S/C19H16F3N3O3/c1-24(11-13-6-8-14(9-7-13)28-19(20,21)22)18(27)12-25-16-5-3-2-4-15(16)23-10-17(25)26/h2-10H,11-12H2,1H3. The molecule has 0 aliphatic carbocycles. The molecule has 0 N–H and O–H groups in total. The van der Waals surface area contributed by atoms with Gasteiger partial charge in [-0.25, -0.2) is 4.98 Å². The molecule has 1 amide bonds. The highest BCUT2D eigenvalue weighted by Gasteiger charge is 2.30. The Balaban J connectivity index is 1.70. The number of benzene rings is 2. The Morgan fingerprint density at radius 2 is 1.82 bits per heavy atom. The van der Waals surface area contributed by atoms with E-state index in [9.17, 15) is 22.8 Å². The number of carbonyl (C=O) groups excluding carboxylic acids is 1. The summed E-state index contributed by atoms with van der Waals surface area (Å²) in [5.41, 5.74) is 1.37. The summed E-state index contributed by atoms with van der Waals surface area (Å²) >= 11 is 0. The van der Waals surface area contributed by atoms with Crippen molar-refractivity contribution in [2.45, 2.75) is 19.5 Å². The number of carbonyl (C=O) groups is 1. The van der Waals surface area contributed by atoms with Crippen molar-refractivity contribution in [1.82, 2.24) is 14.5 Å². The van der Waals surface area contributed by atoms with Gasteiger partial charge in [0.1, 0.15) is 12.3 Å². The molecule has 2 aromatic carbocycles. The van der Waals surface area contributed by atoms with Gasteiger partial charge >= 0.3 is 6.36 Å². The second-order valence-electron chi connectivity index (χ2n) is 6.11. The van der Waals surface area contributed by atoms with E-state index in [2.05, 4.69) is 9.72 Å². The van der Waals surface area contributed by atoms with Crippen LogP contribution >= 0.6 is 0 Å². The van der Waals surface area contributed by atoms with Crippen molar-refractivity contribution < 1.29 is 22.7 Å². The van der Waals surface area contributed by atoms with E-state index in [1.807, 2.05) is 0 Å². The van der Waals surface area contributed by atoms with Crippen LogP contribution in [0, 0.1) is 0 Å². The van der Waals surface area contributed by atoms with Crippen molar-refractivity contribution in [2.75, 3.05) is 7.05 Å². The number of likely N-dealkylation sites (N-methyl/N-ethyl adjacent to an activating group) is 1. The molecule has 1 heterocycles. The molecule has 0 spiro atoms. The van der Waals surface area contributed by atoms with E-state index < -0.39 is 11.9 Å². The van der Waals surface area contributed by atoms with Crippen molar-refractivity contribution in [3.8, 4) is 5.75 Å². The van der Waals surface area contributed by atoms with Crippen molar-refractivity contribution in [3.63, 3.8) is 0 Å². The lowest BCUT2D eigenvalue weighted by Gasteiger charge is -2.19. The fraction of sp³-hybridized carbons (Fsp3) is 0.211. The van der Waals surface area contributed by atoms with Gasteiger partial charge in [-0.15, -0.1) is 13.2 Å². The van der Waals surface area contributed by atoms with Gasteiger partial charge in [-0.05, 0) is 29.8 Å². The van der Waals surface area contributed by atoms with Crippen LogP contribution in [-0.4, -0.2) is 33.8 Å². The minimum absolute atomic E-state index is 0.170. The molecular formula is C19H16F3N3O3. The van der Waals surface area contributed by atoms with Gasteiger partial charge in [0, 0.05) is 13.6 Å². The highest BCUT2D eigenvalue weighted by molar-refractivity contribution is 5.79. The molecule has 6 nitrogen and oxygen atoms in total. The average molecular weight is 391 g/mol. The molecule has 0 saturated carbocycles. The summed E-state index contributed by atoms with van der Waals surface area (Å²) in [4.78, 5) is 30.1. The van der Waals surface area contributed by atoms with E-state index in [4.69, 9.17) is 0 Å². The van der Waals surface area contributed by atoms with Gasteiger partial charge in [-0.3, -0.25) is 14.2 Å². The second-order valence-corrected chi connectivity index (χ2v) is 6.11. The molecule has 0 atom stereocenters. The van der Waals surface area contributed by atoms with E-state index in [-0.39, 0.29) is 24.7 Å². The first-order valence-electron chi connectivity index (χ1n) is 8.26. The smallest absolute Gasteiger partial charge is 0.406 e. The van der Waals surface area contributed by atoms with E-state index in [1.165, 1.54) is 33.7 Å². The van der Waals surface area contributed by atoms with Crippen LogP contribution in [0.15, 0.2) is 59.5 Å². The molecule has 0 aliphatic rings. The van der Waals surface area contributed by atoms with E-state index in [1.54, 1.807) is 31.3 Å². The predicted octanol–water partition coefficient (Wildman–Crippen LogP) is 2.95. The Labute approximate surface area is 157 Å². The van der Waals surface area contributed by atoms with Gasteiger partial charge in [0.05, 0.1) is 17.2 Å². The first kappa shape index (κ1) is 19.4. The Morgan fingerprint density at radius 3 is 2.50 bits per heavy atom. The average Bonchev–Trinajstić information content (AvgIpc) is 2.64. The van der Waals surface area contributed by atoms with Crippen LogP contribution in [0.5, 0.6) is 5.75 Å². The SMILES string of the molecule is CN(Cc1ccc(OC(F)(F)F)cc1)C(=O)Cn1c(=O)cnc2ccccc21. The number of nitrogens with zero attached hydrogens (tertiary/aromatic N) is 3. The first-order valence-corrected chi connectivity index (χ1v) is 8.26. The number of amides is 1. The Kier molecular flexibility index (Phi) is 5.34. The van der Waals surface area contributed by atoms with Gasteiger partial charge in [-0.1, -0.05) is 24.3 Å². The van der Waals surface area contributed by atoms with Gasteiger partial charge < -0.3 is 9.64 Å². The highest BCUT2D eigenvalue weighted by atomic mass is 19.4. The summed E-state index contributed by atoms with van der Waals surface area (Å²) in [6, 6.07) is 12.2. The molecule has 0 fully saturated rings. The molecule has 0 radical (unpaired) electrons. The van der Waals surface area contributed by atoms with Crippen LogP contribution in [0.25, 0.3) is 11.0 Å². The number of hydrogen-bond acceptors (Lipinski definition) is 4. The number of rotatable bonds is 5. The van der Waals surface area contributed by atoms with Gasteiger partial charge in [0.25, 0.3) is 5.56 Å². The van der Waals surface area contributed by atoms with Crippen LogP contribution in [0.1, 0.15) is 5.56 Å². The lowest BCUT2D eigenvalue weighted by Crippen LogP contribution is -2.33. The van der Waals surface area contributed by atoms with Crippen molar-refractivity contribution >= 4 is 16.9 Å². The zero-order valence-electron chi connectivity index (χ0n) is 14.8. The maximum absolute atomic E-state index is 12.5. The maximum Gasteiger partial charge on any atom is 0.573 e. The fourth-order valence-electron chi connectivity index (χ4n) is 2.69. The van der Waals surface area contributed by atoms with Crippen molar-refractivity contribution in [1.29, 1.82) is 0 Å². The number of fused-ring (bicyclic) bond motifs is 1. The lowest BCUT2D eigenvalue weighted by atomic mass is 10.2.